The first-order chi connectivity index (χ1) is 8.84. The summed E-state index contributed by atoms with van der Waals surface area (Å²) in [5, 5.41) is 5.73. The molecule has 0 aromatic carbocycles. The summed E-state index contributed by atoms with van der Waals surface area (Å²) in [6.45, 7) is 9.15. The molecule has 4 heteroatoms. The second kappa shape index (κ2) is 4.80. The van der Waals surface area contributed by atoms with E-state index >= 15 is 0 Å². The molecule has 4 nitrogen and oxygen atoms in total. The molecule has 0 spiro atoms. The zero-order valence-electron chi connectivity index (χ0n) is 12.5. The lowest BCUT2D eigenvalue weighted by Gasteiger charge is -2.32. The van der Waals surface area contributed by atoms with Gasteiger partial charge in [-0.15, -0.1) is 0 Å². The summed E-state index contributed by atoms with van der Waals surface area (Å²) in [5.41, 5.74) is -0.273. The van der Waals surface area contributed by atoms with Gasteiger partial charge in [-0.3, -0.25) is 4.79 Å². The molecule has 0 aromatic heterocycles. The van der Waals surface area contributed by atoms with Crippen LogP contribution in [-0.4, -0.2) is 24.4 Å². The van der Waals surface area contributed by atoms with Crippen LogP contribution in [0.25, 0.3) is 0 Å². The number of fused-ring (bicyclic) bond motifs is 2. The maximum Gasteiger partial charge on any atom is 0.315 e. The van der Waals surface area contributed by atoms with Crippen LogP contribution in [0.4, 0.5) is 4.79 Å². The normalized spacial score (nSPS) is 35.5. The molecule has 2 aliphatic carbocycles. The monoisotopic (exact) mass is 266 g/mol. The molecule has 3 unspecified atom stereocenters. The van der Waals surface area contributed by atoms with Gasteiger partial charge in [0.25, 0.3) is 0 Å². The number of rotatable bonds is 4. The standard InChI is InChI=1S/C15H26N2O2/c1-5-6-9-16-13(19)17-11-10-7-8-15(4,12(11)18)14(10,2)3/h10-11H,5-9H2,1-4H3,(H2,16,17,19). The van der Waals surface area contributed by atoms with E-state index in [-0.39, 0.29) is 34.6 Å². The molecule has 0 radical (unpaired) electrons. The molecule has 3 atom stereocenters. The van der Waals surface area contributed by atoms with Gasteiger partial charge in [-0.2, -0.15) is 0 Å². The maximum atomic E-state index is 12.5. The molecule has 2 saturated carbocycles. The third-order valence-corrected chi connectivity index (χ3v) is 5.64. The van der Waals surface area contributed by atoms with Gasteiger partial charge in [0.05, 0.1) is 6.04 Å². The largest absolute Gasteiger partial charge is 0.338 e. The summed E-state index contributed by atoms with van der Waals surface area (Å²) in [6.07, 6.45) is 4.02. The number of urea groups is 1. The van der Waals surface area contributed by atoms with Gasteiger partial charge in [0.2, 0.25) is 0 Å². The number of carbonyl (C=O) groups is 2. The summed E-state index contributed by atoms with van der Waals surface area (Å²) in [6, 6.07) is -0.492. The van der Waals surface area contributed by atoms with Crippen molar-refractivity contribution in [2.45, 2.75) is 59.4 Å². The lowest BCUT2D eigenvalue weighted by Crippen LogP contribution is -2.50. The Morgan fingerprint density at radius 3 is 2.58 bits per heavy atom. The molecular weight excluding hydrogens is 240 g/mol. The molecule has 2 aliphatic rings. The van der Waals surface area contributed by atoms with Gasteiger partial charge in [-0.1, -0.05) is 34.1 Å². The summed E-state index contributed by atoms with van der Waals surface area (Å²) in [7, 11) is 0. The van der Waals surface area contributed by atoms with E-state index in [1.54, 1.807) is 0 Å². The van der Waals surface area contributed by atoms with Crippen LogP contribution in [0, 0.1) is 16.7 Å². The van der Waals surface area contributed by atoms with E-state index in [0.29, 0.717) is 6.54 Å². The van der Waals surface area contributed by atoms with E-state index in [4.69, 9.17) is 0 Å². The smallest absolute Gasteiger partial charge is 0.315 e. The molecule has 0 saturated heterocycles. The van der Waals surface area contributed by atoms with Crippen molar-refractivity contribution < 1.29 is 9.59 Å². The van der Waals surface area contributed by atoms with Crippen LogP contribution in [0.5, 0.6) is 0 Å². The predicted molar refractivity (Wildman–Crippen MR) is 74.8 cm³/mol. The van der Waals surface area contributed by atoms with Gasteiger partial charge >= 0.3 is 6.03 Å². The van der Waals surface area contributed by atoms with Crippen molar-refractivity contribution in [2.24, 2.45) is 16.7 Å². The van der Waals surface area contributed by atoms with E-state index in [9.17, 15) is 9.59 Å². The number of nitrogens with one attached hydrogen (secondary N) is 2. The Balaban J connectivity index is 2.00. The SMILES string of the molecule is CCCCNC(=O)NC1C(=O)C2(C)CCC1C2(C)C. The Morgan fingerprint density at radius 1 is 1.37 bits per heavy atom. The molecule has 0 heterocycles. The molecule has 2 N–H and O–H groups in total. The van der Waals surface area contributed by atoms with Crippen molar-refractivity contribution in [2.75, 3.05) is 6.54 Å². The fourth-order valence-electron chi connectivity index (χ4n) is 3.82. The molecule has 108 valence electrons. The minimum Gasteiger partial charge on any atom is -0.338 e. The summed E-state index contributed by atoms with van der Waals surface area (Å²) >= 11 is 0. The van der Waals surface area contributed by atoms with Gasteiger partial charge in [0.15, 0.2) is 5.78 Å². The molecule has 19 heavy (non-hydrogen) atoms. The third kappa shape index (κ3) is 2.05. The van der Waals surface area contributed by atoms with Gasteiger partial charge in [0.1, 0.15) is 0 Å². The Morgan fingerprint density at radius 2 is 2.05 bits per heavy atom. The predicted octanol–water partition coefficient (Wildman–Crippen LogP) is 2.48. The number of hydrogen-bond acceptors (Lipinski definition) is 2. The van der Waals surface area contributed by atoms with Crippen molar-refractivity contribution in [1.82, 2.24) is 10.6 Å². The minimum absolute atomic E-state index is 0.00848. The second-order valence-electron chi connectivity index (χ2n) is 6.79. The zero-order valence-corrected chi connectivity index (χ0v) is 12.5. The van der Waals surface area contributed by atoms with E-state index < -0.39 is 0 Å². The van der Waals surface area contributed by atoms with Crippen molar-refractivity contribution in [3.63, 3.8) is 0 Å². The number of amides is 2. The lowest BCUT2D eigenvalue weighted by atomic mass is 9.70. The summed E-state index contributed by atoms with van der Waals surface area (Å²) in [5.74, 6) is 0.501. The van der Waals surface area contributed by atoms with Crippen LogP contribution >= 0.6 is 0 Å². The highest BCUT2D eigenvalue weighted by atomic mass is 16.2. The first-order valence-corrected chi connectivity index (χ1v) is 7.43. The topological polar surface area (TPSA) is 58.2 Å². The molecule has 2 amide bonds. The van der Waals surface area contributed by atoms with Crippen LogP contribution in [0.1, 0.15) is 53.4 Å². The molecule has 2 bridgehead atoms. The van der Waals surface area contributed by atoms with E-state index in [0.717, 1.165) is 25.7 Å². The number of Topliss-reactive ketones (excluding diaryl/α,β-unsaturated/α-hetero) is 1. The highest BCUT2D eigenvalue weighted by Crippen LogP contribution is 2.63. The Bertz CT molecular complexity index is 392. The van der Waals surface area contributed by atoms with Crippen LogP contribution < -0.4 is 10.6 Å². The Hall–Kier alpha value is -1.06. The fourth-order valence-corrected chi connectivity index (χ4v) is 3.82. The lowest BCUT2D eigenvalue weighted by molar-refractivity contribution is -0.129. The molecule has 2 rings (SSSR count). The second-order valence-corrected chi connectivity index (χ2v) is 6.79. The number of unbranched alkanes of at least 4 members (excludes halogenated alkanes) is 1. The van der Waals surface area contributed by atoms with Crippen molar-refractivity contribution in [3.8, 4) is 0 Å². The highest BCUT2D eigenvalue weighted by molar-refractivity contribution is 5.96. The molecule has 2 fully saturated rings. The summed E-state index contributed by atoms with van der Waals surface area (Å²) < 4.78 is 0. The van der Waals surface area contributed by atoms with E-state index in [2.05, 4.69) is 38.3 Å². The van der Waals surface area contributed by atoms with Gasteiger partial charge < -0.3 is 10.6 Å². The number of hydrogen-bond donors (Lipinski definition) is 2. The van der Waals surface area contributed by atoms with Crippen LogP contribution in [0.15, 0.2) is 0 Å². The summed E-state index contributed by atoms with van der Waals surface area (Å²) in [4.78, 5) is 24.4. The van der Waals surface area contributed by atoms with Crippen LogP contribution in [0.2, 0.25) is 0 Å². The highest BCUT2D eigenvalue weighted by Gasteiger charge is 2.66. The number of ketones is 1. The first-order valence-electron chi connectivity index (χ1n) is 7.43. The average molecular weight is 266 g/mol. The van der Waals surface area contributed by atoms with Crippen LogP contribution in [-0.2, 0) is 4.79 Å². The molecule has 0 aliphatic heterocycles. The van der Waals surface area contributed by atoms with Crippen molar-refractivity contribution >= 4 is 11.8 Å². The maximum absolute atomic E-state index is 12.5. The van der Waals surface area contributed by atoms with Crippen LogP contribution in [0.3, 0.4) is 0 Å². The Kier molecular flexibility index (Phi) is 3.63. The van der Waals surface area contributed by atoms with Gasteiger partial charge in [-0.05, 0) is 30.6 Å². The quantitative estimate of drug-likeness (QED) is 0.768. The third-order valence-electron chi connectivity index (χ3n) is 5.64. The molecular formula is C15H26N2O2. The Labute approximate surface area is 115 Å². The minimum atomic E-state index is -0.296. The van der Waals surface area contributed by atoms with E-state index in [1.807, 2.05) is 0 Å². The van der Waals surface area contributed by atoms with Crippen molar-refractivity contribution in [1.29, 1.82) is 0 Å². The first kappa shape index (κ1) is 14.4. The van der Waals surface area contributed by atoms with Gasteiger partial charge in [-0.25, -0.2) is 4.79 Å². The average Bonchev–Trinajstić information content (AvgIpc) is 2.64. The zero-order chi connectivity index (χ0) is 14.3. The molecule has 0 aromatic rings. The fraction of sp³-hybridized carbons (Fsp3) is 0.867. The van der Waals surface area contributed by atoms with E-state index in [1.165, 1.54) is 0 Å². The van der Waals surface area contributed by atoms with Gasteiger partial charge in [0, 0.05) is 12.0 Å². The van der Waals surface area contributed by atoms with Crippen molar-refractivity contribution in [3.05, 3.63) is 0 Å². The number of carbonyl (C=O) groups excluding carboxylic acids is 2.